The van der Waals surface area contributed by atoms with E-state index in [9.17, 15) is 5.11 Å². The third kappa shape index (κ3) is 2.78. The zero-order valence-corrected chi connectivity index (χ0v) is 14.5. The summed E-state index contributed by atoms with van der Waals surface area (Å²) in [7, 11) is 1.00. The largest absolute Gasteiger partial charge is 0.400 e. The highest BCUT2D eigenvalue weighted by molar-refractivity contribution is 6.33. The van der Waals surface area contributed by atoms with Crippen molar-refractivity contribution in [3.8, 4) is 0 Å². The molecule has 0 radical (unpaired) electrons. The quantitative estimate of drug-likeness (QED) is 0.778. The molecule has 1 aliphatic carbocycles. The summed E-state index contributed by atoms with van der Waals surface area (Å²) in [6, 6.07) is -0.000100. The Balaban J connectivity index is 0.000000815. The fourth-order valence-corrected chi connectivity index (χ4v) is 3.75. The number of aromatic nitrogens is 4. The van der Waals surface area contributed by atoms with Gasteiger partial charge in [0.2, 0.25) is 0 Å². The van der Waals surface area contributed by atoms with Crippen molar-refractivity contribution in [2.75, 3.05) is 13.7 Å². The molecule has 3 heterocycles. The summed E-state index contributed by atoms with van der Waals surface area (Å²) in [5.74, 6) is -0.615. The van der Waals surface area contributed by atoms with Crippen LogP contribution in [0.3, 0.4) is 0 Å². The predicted octanol–water partition coefficient (Wildman–Crippen LogP) is 1.16. The number of halogens is 1. The Hall–Kier alpha value is -1.32. The molecule has 0 amide bonds. The maximum atomic E-state index is 9.65. The van der Waals surface area contributed by atoms with Gasteiger partial charge in [-0.25, -0.2) is 15.0 Å². The highest BCUT2D eigenvalue weighted by Gasteiger charge is 2.54. The lowest BCUT2D eigenvalue weighted by molar-refractivity contribution is -0.161. The lowest BCUT2D eigenvalue weighted by atomic mass is 10.1. The number of aliphatic hydroxyl groups excluding tert-OH is 2. The first kappa shape index (κ1) is 17.5. The van der Waals surface area contributed by atoms with Crippen molar-refractivity contribution < 1.29 is 19.7 Å². The zero-order chi connectivity index (χ0) is 17.5. The number of aliphatic hydroxyl groups is 2. The Labute approximate surface area is 144 Å². The van der Waals surface area contributed by atoms with Gasteiger partial charge in [0, 0.05) is 19.6 Å². The van der Waals surface area contributed by atoms with Gasteiger partial charge in [-0.3, -0.25) is 0 Å². The lowest BCUT2D eigenvalue weighted by Gasteiger charge is -2.23. The Morgan fingerprint density at radius 3 is 2.67 bits per heavy atom. The first-order valence-corrected chi connectivity index (χ1v) is 8.12. The Morgan fingerprint density at radius 2 is 1.96 bits per heavy atom. The minimum atomic E-state index is -0.648. The number of nitrogens with zero attached hydrogens (tertiary/aromatic N) is 4. The van der Waals surface area contributed by atoms with Crippen LogP contribution in [0, 0.1) is 5.92 Å². The van der Waals surface area contributed by atoms with E-state index in [0.29, 0.717) is 16.3 Å². The van der Waals surface area contributed by atoms with E-state index in [1.807, 2.05) is 18.4 Å². The fourth-order valence-electron chi connectivity index (χ4n) is 3.57. The molecule has 1 saturated heterocycles. The minimum Gasteiger partial charge on any atom is -0.400 e. The third-order valence-electron chi connectivity index (χ3n) is 4.46. The number of hydrogen-bond acceptors (Lipinski definition) is 7. The highest BCUT2D eigenvalue weighted by atomic mass is 35.5. The molecular formula is C15H21ClN4O4. The average molecular weight is 357 g/mol. The molecule has 2 aromatic heterocycles. The second-order valence-corrected chi connectivity index (χ2v) is 6.66. The molecule has 0 spiro atoms. The molecule has 1 aliphatic heterocycles. The van der Waals surface area contributed by atoms with Crippen molar-refractivity contribution in [1.29, 1.82) is 0 Å². The van der Waals surface area contributed by atoms with Crippen molar-refractivity contribution in [2.45, 2.75) is 44.3 Å². The SMILES string of the molecule is CC1(C)O[C@@H]2[C@@H](CO)C[C@@H](n3cnc4c(Cl)ncnc43)[C@@H]2O1.CO. The molecular weight excluding hydrogens is 336 g/mol. The van der Waals surface area contributed by atoms with E-state index in [-0.39, 0.29) is 30.8 Å². The van der Waals surface area contributed by atoms with E-state index in [1.54, 1.807) is 6.33 Å². The summed E-state index contributed by atoms with van der Waals surface area (Å²) in [5.41, 5.74) is 1.25. The second-order valence-electron chi connectivity index (χ2n) is 6.30. The molecule has 0 aromatic carbocycles. The summed E-state index contributed by atoms with van der Waals surface area (Å²) in [4.78, 5) is 12.6. The smallest absolute Gasteiger partial charge is 0.165 e. The Kier molecular flexibility index (Phi) is 4.76. The highest BCUT2D eigenvalue weighted by Crippen LogP contribution is 2.47. The molecule has 1 saturated carbocycles. The van der Waals surface area contributed by atoms with Gasteiger partial charge in [0.15, 0.2) is 16.6 Å². The van der Waals surface area contributed by atoms with E-state index in [1.165, 1.54) is 6.33 Å². The van der Waals surface area contributed by atoms with Crippen molar-refractivity contribution >= 4 is 22.8 Å². The van der Waals surface area contributed by atoms with Crippen LogP contribution in [0.25, 0.3) is 11.2 Å². The molecule has 4 rings (SSSR count). The normalized spacial score (nSPS) is 30.9. The third-order valence-corrected chi connectivity index (χ3v) is 4.73. The molecule has 2 aromatic rings. The van der Waals surface area contributed by atoms with Crippen LogP contribution < -0.4 is 0 Å². The van der Waals surface area contributed by atoms with Crippen LogP contribution in [0.5, 0.6) is 0 Å². The van der Waals surface area contributed by atoms with E-state index in [2.05, 4.69) is 15.0 Å². The van der Waals surface area contributed by atoms with Crippen LogP contribution in [0.1, 0.15) is 26.3 Å². The molecule has 8 nitrogen and oxygen atoms in total. The van der Waals surface area contributed by atoms with Crippen LogP contribution in [-0.4, -0.2) is 61.4 Å². The maximum absolute atomic E-state index is 9.65. The van der Waals surface area contributed by atoms with Crippen molar-refractivity contribution in [1.82, 2.24) is 19.5 Å². The Morgan fingerprint density at radius 1 is 1.25 bits per heavy atom. The number of hydrogen-bond donors (Lipinski definition) is 2. The van der Waals surface area contributed by atoms with Gasteiger partial charge < -0.3 is 24.3 Å². The monoisotopic (exact) mass is 356 g/mol. The van der Waals surface area contributed by atoms with Gasteiger partial charge in [-0.15, -0.1) is 0 Å². The predicted molar refractivity (Wildman–Crippen MR) is 86.5 cm³/mol. The van der Waals surface area contributed by atoms with Gasteiger partial charge in [0.05, 0.1) is 18.5 Å². The second kappa shape index (κ2) is 6.53. The molecule has 0 unspecified atom stereocenters. The van der Waals surface area contributed by atoms with Gasteiger partial charge >= 0.3 is 0 Å². The fraction of sp³-hybridized carbons (Fsp3) is 0.667. The van der Waals surface area contributed by atoms with Crippen molar-refractivity contribution in [3.05, 3.63) is 17.8 Å². The van der Waals surface area contributed by atoms with Crippen LogP contribution >= 0.6 is 11.6 Å². The van der Waals surface area contributed by atoms with Crippen molar-refractivity contribution in [2.24, 2.45) is 5.92 Å². The minimum absolute atomic E-state index is 0.000100. The van der Waals surface area contributed by atoms with Gasteiger partial charge in [-0.1, -0.05) is 11.6 Å². The standard InChI is InChI=1S/C14H17ClN4O3.CH4O/c1-14(2)21-10-7(4-20)3-8(11(10)22-14)19-6-18-9-12(15)16-5-17-13(9)19;1-2/h5-8,10-11,20H,3-4H2,1-2H3;2H,1H3/t7-,8-,10-,11+;/m1./s1. The van der Waals surface area contributed by atoms with Gasteiger partial charge in [-0.05, 0) is 20.3 Å². The maximum Gasteiger partial charge on any atom is 0.165 e. The van der Waals surface area contributed by atoms with Gasteiger partial charge in [0.25, 0.3) is 0 Å². The van der Waals surface area contributed by atoms with E-state index in [4.69, 9.17) is 26.2 Å². The van der Waals surface area contributed by atoms with E-state index in [0.717, 1.165) is 13.5 Å². The van der Waals surface area contributed by atoms with Crippen LogP contribution in [0.2, 0.25) is 5.15 Å². The number of fused-ring (bicyclic) bond motifs is 2. The Bertz CT molecular complexity index is 723. The van der Waals surface area contributed by atoms with Crippen LogP contribution in [0.4, 0.5) is 0 Å². The summed E-state index contributed by atoms with van der Waals surface area (Å²) in [6.07, 6.45) is 3.61. The topological polar surface area (TPSA) is 103 Å². The van der Waals surface area contributed by atoms with Crippen molar-refractivity contribution in [3.63, 3.8) is 0 Å². The van der Waals surface area contributed by atoms with E-state index < -0.39 is 5.79 Å². The average Bonchev–Trinajstić information content (AvgIpc) is 3.20. The molecule has 2 fully saturated rings. The molecule has 0 bridgehead atoms. The summed E-state index contributed by atoms with van der Waals surface area (Å²) in [5, 5.41) is 17.0. The summed E-state index contributed by atoms with van der Waals surface area (Å²) in [6.45, 7) is 3.85. The summed E-state index contributed by atoms with van der Waals surface area (Å²) < 4.78 is 14.0. The van der Waals surface area contributed by atoms with Gasteiger partial charge in [-0.2, -0.15) is 0 Å². The number of ether oxygens (including phenoxy) is 2. The molecule has 2 N–H and O–H groups in total. The van der Waals surface area contributed by atoms with Crippen LogP contribution in [-0.2, 0) is 9.47 Å². The first-order valence-electron chi connectivity index (χ1n) is 7.74. The first-order chi connectivity index (χ1) is 11.5. The molecule has 24 heavy (non-hydrogen) atoms. The zero-order valence-electron chi connectivity index (χ0n) is 13.8. The number of rotatable bonds is 2. The van der Waals surface area contributed by atoms with Crippen LogP contribution in [0.15, 0.2) is 12.7 Å². The lowest BCUT2D eigenvalue weighted by Crippen LogP contribution is -2.27. The molecule has 132 valence electrons. The molecule has 9 heteroatoms. The molecule has 2 aliphatic rings. The molecule has 4 atom stereocenters. The summed E-state index contributed by atoms with van der Waals surface area (Å²) >= 11 is 6.07. The number of imidazole rings is 1. The van der Waals surface area contributed by atoms with Gasteiger partial charge in [0.1, 0.15) is 17.9 Å². The van der Waals surface area contributed by atoms with E-state index >= 15 is 0 Å².